The highest BCUT2D eigenvalue weighted by atomic mass is 16.3. The number of carbonyl (C=O) groups excluding carboxylic acids is 1. The molecule has 4 nitrogen and oxygen atoms in total. The number of hydrogen-bond acceptors (Lipinski definition) is 2. The van der Waals surface area contributed by atoms with Crippen LogP contribution in [0.3, 0.4) is 0 Å². The van der Waals surface area contributed by atoms with Crippen molar-refractivity contribution < 1.29 is 4.79 Å². The molecule has 0 aliphatic rings. The number of carbonyl (C=O) groups is 1. The van der Waals surface area contributed by atoms with Gasteiger partial charge in [0.05, 0.1) is 0 Å². The fraction of sp³-hybridized carbons (Fsp3) is 0.357. The van der Waals surface area contributed by atoms with Gasteiger partial charge in [-0.1, -0.05) is 12.1 Å². The Kier molecular flexibility index (Phi) is 3.87. The second-order valence-electron chi connectivity index (χ2n) is 4.51. The van der Waals surface area contributed by atoms with Crippen molar-refractivity contribution >= 4 is 16.8 Å². The third kappa shape index (κ3) is 2.83. The van der Waals surface area contributed by atoms with Crippen LogP contribution in [0.25, 0.3) is 10.9 Å². The van der Waals surface area contributed by atoms with Crippen LogP contribution in [-0.4, -0.2) is 10.5 Å². The molecule has 0 atom stereocenters. The predicted molar refractivity (Wildman–Crippen MR) is 71.3 cm³/mol. The molecule has 1 heterocycles. The summed E-state index contributed by atoms with van der Waals surface area (Å²) in [5, 5.41) is 3.62. The average molecular weight is 244 g/mol. The summed E-state index contributed by atoms with van der Waals surface area (Å²) in [5.41, 5.74) is 2.46. The van der Waals surface area contributed by atoms with Gasteiger partial charge in [0.2, 0.25) is 0 Å². The van der Waals surface area contributed by atoms with E-state index >= 15 is 0 Å². The zero-order valence-corrected chi connectivity index (χ0v) is 10.4. The van der Waals surface area contributed by atoms with E-state index in [0.717, 1.165) is 13.0 Å². The monoisotopic (exact) mass is 244 g/mol. The maximum atomic E-state index is 10.7. The first-order valence-electron chi connectivity index (χ1n) is 6.12. The molecule has 0 aliphatic heterocycles. The third-order valence-corrected chi connectivity index (χ3v) is 3.07. The lowest BCUT2D eigenvalue weighted by molar-refractivity contribution is -0.118. The Bertz CT molecular complexity index is 572. The summed E-state index contributed by atoms with van der Waals surface area (Å²) in [6, 6.07) is 8.46. The van der Waals surface area contributed by atoms with Gasteiger partial charge >= 0.3 is 0 Å². The second-order valence-corrected chi connectivity index (χ2v) is 4.51. The lowest BCUT2D eigenvalue weighted by Gasteiger charge is -2.05. The van der Waals surface area contributed by atoms with E-state index in [2.05, 4.69) is 47.1 Å². The van der Waals surface area contributed by atoms with Gasteiger partial charge in [0, 0.05) is 29.9 Å². The van der Waals surface area contributed by atoms with E-state index in [9.17, 15) is 9.70 Å². The first-order valence-corrected chi connectivity index (χ1v) is 6.12. The summed E-state index contributed by atoms with van der Waals surface area (Å²) in [4.78, 5) is 20.7. The summed E-state index contributed by atoms with van der Waals surface area (Å²) in [6.45, 7) is 2.93. The minimum Gasteiger partial charge on any atom is -0.347 e. The smallest absolute Gasteiger partial charge is 0.286 e. The molecule has 0 bridgehead atoms. The molecule has 1 aromatic carbocycles. The number of aryl methyl sites for hydroxylation is 2. The maximum absolute atomic E-state index is 10.7. The number of amides is 1. The van der Waals surface area contributed by atoms with Gasteiger partial charge in [-0.3, -0.25) is 4.79 Å². The highest BCUT2D eigenvalue weighted by Crippen LogP contribution is 2.18. The summed E-state index contributed by atoms with van der Waals surface area (Å²) < 4.78 is 2.18. The van der Waals surface area contributed by atoms with Crippen LogP contribution < -0.4 is 0 Å². The van der Waals surface area contributed by atoms with Gasteiger partial charge in [0.1, 0.15) is 0 Å². The molecule has 0 fully saturated rings. The molecular weight excluding hydrogens is 228 g/mol. The summed E-state index contributed by atoms with van der Waals surface area (Å²) >= 11 is 0. The zero-order chi connectivity index (χ0) is 13.0. The van der Waals surface area contributed by atoms with Crippen molar-refractivity contribution in [2.45, 2.75) is 32.7 Å². The molecule has 94 valence electrons. The first-order chi connectivity index (χ1) is 8.70. The number of nitroso groups, excluding NO2 is 1. The molecule has 0 N–H and O–H groups in total. The fourth-order valence-electron chi connectivity index (χ4n) is 2.09. The van der Waals surface area contributed by atoms with Crippen LogP contribution in [0, 0.1) is 11.8 Å². The molecule has 0 aliphatic carbocycles. The van der Waals surface area contributed by atoms with Crippen LogP contribution in [0.1, 0.15) is 24.8 Å². The lowest BCUT2D eigenvalue weighted by Crippen LogP contribution is -1.98. The lowest BCUT2D eigenvalue weighted by atomic mass is 10.2. The molecule has 0 radical (unpaired) electrons. The van der Waals surface area contributed by atoms with Crippen molar-refractivity contribution in [2.75, 3.05) is 0 Å². The number of unbranched alkanes of at least 4 members (excludes halogenated alkanes) is 1. The van der Waals surface area contributed by atoms with E-state index in [0.29, 0.717) is 6.42 Å². The van der Waals surface area contributed by atoms with Gasteiger partial charge in [-0.05, 0) is 42.8 Å². The number of hydrogen-bond donors (Lipinski definition) is 0. The van der Waals surface area contributed by atoms with Crippen LogP contribution in [0.15, 0.2) is 35.6 Å². The molecule has 18 heavy (non-hydrogen) atoms. The highest BCUT2D eigenvalue weighted by molar-refractivity contribution is 5.80. The van der Waals surface area contributed by atoms with E-state index in [1.54, 1.807) is 0 Å². The minimum atomic E-state index is -0.553. The van der Waals surface area contributed by atoms with Crippen molar-refractivity contribution in [3.8, 4) is 0 Å². The minimum absolute atomic E-state index is 0.252. The fourth-order valence-corrected chi connectivity index (χ4v) is 2.09. The van der Waals surface area contributed by atoms with Crippen molar-refractivity contribution in [3.63, 3.8) is 0 Å². The Labute approximate surface area is 106 Å². The van der Waals surface area contributed by atoms with E-state index in [4.69, 9.17) is 0 Å². The van der Waals surface area contributed by atoms with Crippen LogP contribution in [-0.2, 0) is 11.3 Å². The Morgan fingerprint density at radius 2 is 2.11 bits per heavy atom. The maximum Gasteiger partial charge on any atom is 0.286 e. The van der Waals surface area contributed by atoms with Gasteiger partial charge < -0.3 is 4.57 Å². The summed E-state index contributed by atoms with van der Waals surface area (Å²) in [6.07, 6.45) is 3.89. The molecule has 2 rings (SSSR count). The van der Waals surface area contributed by atoms with Crippen LogP contribution in [0.2, 0.25) is 0 Å². The van der Waals surface area contributed by atoms with E-state index in [-0.39, 0.29) is 6.42 Å². The van der Waals surface area contributed by atoms with Crippen LogP contribution in [0.4, 0.5) is 0 Å². The van der Waals surface area contributed by atoms with Crippen molar-refractivity contribution in [1.82, 2.24) is 4.57 Å². The topological polar surface area (TPSA) is 51.4 Å². The van der Waals surface area contributed by atoms with Crippen LogP contribution >= 0.6 is 0 Å². The molecule has 0 unspecified atom stereocenters. The average Bonchev–Trinajstić information content (AvgIpc) is 2.77. The molecule has 0 spiro atoms. The largest absolute Gasteiger partial charge is 0.347 e. The Hall–Kier alpha value is -1.97. The number of nitrogens with zero attached hydrogens (tertiary/aromatic N) is 2. The van der Waals surface area contributed by atoms with E-state index in [1.165, 1.54) is 16.5 Å². The van der Waals surface area contributed by atoms with E-state index in [1.807, 2.05) is 0 Å². The van der Waals surface area contributed by atoms with E-state index < -0.39 is 5.91 Å². The summed E-state index contributed by atoms with van der Waals surface area (Å²) in [5.74, 6) is -0.553. The Morgan fingerprint density at radius 3 is 2.89 bits per heavy atom. The molecule has 1 aromatic heterocycles. The van der Waals surface area contributed by atoms with Crippen molar-refractivity contribution in [1.29, 1.82) is 0 Å². The van der Waals surface area contributed by atoms with Gasteiger partial charge in [0.25, 0.3) is 5.91 Å². The van der Waals surface area contributed by atoms with Gasteiger partial charge in [0.15, 0.2) is 0 Å². The quantitative estimate of drug-likeness (QED) is 0.597. The van der Waals surface area contributed by atoms with Crippen molar-refractivity contribution in [2.24, 2.45) is 5.18 Å². The van der Waals surface area contributed by atoms with Gasteiger partial charge in [-0.25, -0.2) is 0 Å². The van der Waals surface area contributed by atoms with Crippen molar-refractivity contribution in [3.05, 3.63) is 40.9 Å². The highest BCUT2D eigenvalue weighted by Gasteiger charge is 2.03. The molecule has 0 saturated carbocycles. The standard InChI is InChI=1S/C14H16N2O2/c1-11-5-6-12-7-9-16(13(12)10-11)8-3-2-4-14(17)15-18/h5-7,9-10H,2-4,8H2,1H3. The number of rotatable bonds is 5. The second kappa shape index (κ2) is 5.58. The number of aromatic nitrogens is 1. The zero-order valence-electron chi connectivity index (χ0n) is 10.4. The number of benzene rings is 1. The molecule has 4 heteroatoms. The predicted octanol–water partition coefficient (Wildman–Crippen LogP) is 3.41. The van der Waals surface area contributed by atoms with Crippen LogP contribution in [0.5, 0.6) is 0 Å². The molecule has 2 aromatic rings. The summed E-state index contributed by atoms with van der Waals surface area (Å²) in [7, 11) is 0. The third-order valence-electron chi connectivity index (χ3n) is 3.07. The van der Waals surface area contributed by atoms with Gasteiger partial charge in [-0.2, -0.15) is 0 Å². The SMILES string of the molecule is Cc1ccc2ccn(CCCCC(=O)N=O)c2c1. The van der Waals surface area contributed by atoms with Gasteiger partial charge in [-0.15, -0.1) is 4.91 Å². The molecular formula is C14H16N2O2. The first kappa shape index (κ1) is 12.5. The Morgan fingerprint density at radius 1 is 1.28 bits per heavy atom. The molecule has 0 saturated heterocycles. The normalized spacial score (nSPS) is 10.7. The Balaban J connectivity index is 1.97. The molecule has 1 amide bonds. The number of fused-ring (bicyclic) bond motifs is 1.